The van der Waals surface area contributed by atoms with Gasteiger partial charge in [-0.05, 0) is 43.2 Å². The zero-order valence-electron chi connectivity index (χ0n) is 11.1. The van der Waals surface area contributed by atoms with Crippen LogP contribution in [0.5, 0.6) is 0 Å². The van der Waals surface area contributed by atoms with Gasteiger partial charge in [0.05, 0.1) is 11.4 Å². The van der Waals surface area contributed by atoms with Crippen LogP contribution in [-0.2, 0) is 9.53 Å². The average Bonchev–Trinajstić information content (AvgIpc) is 2.93. The Morgan fingerprint density at radius 2 is 2.42 bits per heavy atom. The number of nitrogen functional groups attached to an aromatic ring is 1. The molecule has 3 N–H and O–H groups in total. The lowest BCUT2D eigenvalue weighted by Crippen LogP contribution is -2.27. The maximum atomic E-state index is 12.0. The molecule has 1 aliphatic rings. The zero-order chi connectivity index (χ0) is 13.7. The van der Waals surface area contributed by atoms with Gasteiger partial charge < -0.3 is 15.8 Å². The average molecular weight is 280 g/mol. The highest BCUT2D eigenvalue weighted by molar-refractivity contribution is 7.99. The molecule has 1 amide bonds. The fourth-order valence-corrected chi connectivity index (χ4v) is 2.76. The molecule has 1 atom stereocenters. The highest BCUT2D eigenvalue weighted by Gasteiger charge is 2.23. The van der Waals surface area contributed by atoms with E-state index in [0.29, 0.717) is 18.0 Å². The number of thioether (sulfide) groups is 1. The van der Waals surface area contributed by atoms with Crippen molar-refractivity contribution in [2.24, 2.45) is 0 Å². The van der Waals surface area contributed by atoms with E-state index in [4.69, 9.17) is 10.5 Å². The number of nitrogens with one attached hydrogen (secondary N) is 1. The molecule has 19 heavy (non-hydrogen) atoms. The summed E-state index contributed by atoms with van der Waals surface area (Å²) in [5, 5.41) is 2.87. The van der Waals surface area contributed by atoms with Crippen LogP contribution in [0.2, 0.25) is 0 Å². The van der Waals surface area contributed by atoms with Gasteiger partial charge in [-0.25, -0.2) is 0 Å². The fourth-order valence-electron chi connectivity index (χ4n) is 1.95. The van der Waals surface area contributed by atoms with Crippen molar-refractivity contribution in [3.8, 4) is 0 Å². The minimum absolute atomic E-state index is 0.0955. The molecule has 0 radical (unpaired) electrons. The Morgan fingerprint density at radius 3 is 3.11 bits per heavy atom. The Kier molecular flexibility index (Phi) is 5.10. The van der Waals surface area contributed by atoms with Gasteiger partial charge in [0.1, 0.15) is 6.10 Å². The van der Waals surface area contributed by atoms with Gasteiger partial charge in [0.25, 0.3) is 5.91 Å². The summed E-state index contributed by atoms with van der Waals surface area (Å²) in [7, 11) is 0. The Hall–Kier alpha value is -1.20. The van der Waals surface area contributed by atoms with Crippen molar-refractivity contribution < 1.29 is 9.53 Å². The Morgan fingerprint density at radius 1 is 1.58 bits per heavy atom. The molecule has 0 aliphatic carbocycles. The number of ether oxygens (including phenoxy) is 1. The van der Waals surface area contributed by atoms with Crippen molar-refractivity contribution in [3.63, 3.8) is 0 Å². The Bertz CT molecular complexity index is 445. The van der Waals surface area contributed by atoms with E-state index >= 15 is 0 Å². The molecule has 0 aromatic heterocycles. The third kappa shape index (κ3) is 3.88. The molecule has 1 unspecified atom stereocenters. The van der Waals surface area contributed by atoms with E-state index in [0.717, 1.165) is 29.9 Å². The Labute approximate surface area is 118 Å². The smallest absolute Gasteiger partial charge is 0.253 e. The molecule has 1 saturated heterocycles. The number of rotatable bonds is 5. The lowest BCUT2D eigenvalue weighted by molar-refractivity contribution is -0.124. The molecule has 0 spiro atoms. The fraction of sp³-hybridized carbons (Fsp3) is 0.500. The summed E-state index contributed by atoms with van der Waals surface area (Å²) in [5.41, 5.74) is 7.17. The highest BCUT2D eigenvalue weighted by Crippen LogP contribution is 2.27. The molecule has 0 bridgehead atoms. The number of hydrogen-bond acceptors (Lipinski definition) is 4. The van der Waals surface area contributed by atoms with Crippen molar-refractivity contribution in [1.82, 2.24) is 0 Å². The van der Waals surface area contributed by atoms with E-state index in [2.05, 4.69) is 12.2 Å². The number of carbonyl (C=O) groups is 1. The normalized spacial score (nSPS) is 18.5. The Balaban J connectivity index is 2.03. The van der Waals surface area contributed by atoms with E-state index in [9.17, 15) is 4.79 Å². The lowest BCUT2D eigenvalue weighted by atomic mass is 10.2. The second kappa shape index (κ2) is 6.82. The van der Waals surface area contributed by atoms with Crippen LogP contribution in [0, 0.1) is 0 Å². The second-order valence-electron chi connectivity index (χ2n) is 4.59. The van der Waals surface area contributed by atoms with Crippen molar-refractivity contribution >= 4 is 29.0 Å². The van der Waals surface area contributed by atoms with Crippen molar-refractivity contribution in [2.45, 2.75) is 37.2 Å². The van der Waals surface area contributed by atoms with E-state index in [1.54, 1.807) is 11.8 Å². The van der Waals surface area contributed by atoms with Crippen LogP contribution in [0.25, 0.3) is 0 Å². The number of benzene rings is 1. The summed E-state index contributed by atoms with van der Waals surface area (Å²) in [6.07, 6.45) is 2.52. The minimum atomic E-state index is -0.327. The van der Waals surface area contributed by atoms with Crippen LogP contribution in [0.15, 0.2) is 23.1 Å². The molecular weight excluding hydrogens is 260 g/mol. The summed E-state index contributed by atoms with van der Waals surface area (Å²) in [6, 6.07) is 5.75. The highest BCUT2D eigenvalue weighted by atomic mass is 32.2. The summed E-state index contributed by atoms with van der Waals surface area (Å²) in [5.74, 6) is 0.963. The largest absolute Gasteiger partial charge is 0.397 e. The van der Waals surface area contributed by atoms with Crippen LogP contribution < -0.4 is 11.1 Å². The van der Waals surface area contributed by atoms with Crippen LogP contribution in [0.3, 0.4) is 0 Å². The molecule has 1 aliphatic heterocycles. The van der Waals surface area contributed by atoms with Gasteiger partial charge in [0.15, 0.2) is 0 Å². The van der Waals surface area contributed by atoms with E-state index in [1.807, 2.05) is 18.2 Å². The molecule has 1 fully saturated rings. The molecular formula is C14H20N2O2S. The maximum absolute atomic E-state index is 12.0. The number of anilines is 2. The first kappa shape index (κ1) is 14.2. The van der Waals surface area contributed by atoms with Crippen LogP contribution in [0.4, 0.5) is 11.4 Å². The molecule has 0 saturated carbocycles. The van der Waals surface area contributed by atoms with Gasteiger partial charge in [-0.3, -0.25) is 4.79 Å². The lowest BCUT2D eigenvalue weighted by Gasteiger charge is -2.13. The first-order valence-corrected chi connectivity index (χ1v) is 7.64. The quantitative estimate of drug-likeness (QED) is 0.643. The zero-order valence-corrected chi connectivity index (χ0v) is 12.0. The third-order valence-electron chi connectivity index (χ3n) is 2.98. The monoisotopic (exact) mass is 280 g/mol. The van der Waals surface area contributed by atoms with Crippen LogP contribution >= 0.6 is 11.8 Å². The topological polar surface area (TPSA) is 64.3 Å². The molecule has 1 aromatic rings. The van der Waals surface area contributed by atoms with E-state index < -0.39 is 0 Å². The number of amides is 1. The van der Waals surface area contributed by atoms with Gasteiger partial charge in [0, 0.05) is 11.5 Å². The molecule has 5 heteroatoms. The predicted octanol–water partition coefficient (Wildman–Crippen LogP) is 2.89. The maximum Gasteiger partial charge on any atom is 0.253 e. The first-order valence-electron chi connectivity index (χ1n) is 6.65. The minimum Gasteiger partial charge on any atom is -0.397 e. The van der Waals surface area contributed by atoms with Gasteiger partial charge in [-0.2, -0.15) is 0 Å². The van der Waals surface area contributed by atoms with Crippen LogP contribution in [0.1, 0.15) is 26.2 Å². The third-order valence-corrected chi connectivity index (χ3v) is 4.18. The molecule has 1 heterocycles. The summed E-state index contributed by atoms with van der Waals surface area (Å²) >= 11 is 1.76. The van der Waals surface area contributed by atoms with Crippen molar-refractivity contribution in [1.29, 1.82) is 0 Å². The van der Waals surface area contributed by atoms with Crippen LogP contribution in [-0.4, -0.2) is 24.4 Å². The number of hydrogen-bond donors (Lipinski definition) is 2. The first-order chi connectivity index (χ1) is 9.20. The summed E-state index contributed by atoms with van der Waals surface area (Å²) < 4.78 is 5.36. The van der Waals surface area contributed by atoms with Gasteiger partial charge >= 0.3 is 0 Å². The van der Waals surface area contributed by atoms with Crippen molar-refractivity contribution in [2.75, 3.05) is 23.4 Å². The van der Waals surface area contributed by atoms with Gasteiger partial charge in [-0.1, -0.05) is 6.92 Å². The number of carbonyl (C=O) groups excluding carboxylic acids is 1. The standard InChI is InChI=1S/C14H20N2O2S/c1-2-8-19-10-5-6-11(15)12(9-10)16-14(17)13-4-3-7-18-13/h5-6,9,13H,2-4,7-8,15H2,1H3,(H,16,17). The van der Waals surface area contributed by atoms with E-state index in [-0.39, 0.29) is 12.0 Å². The van der Waals surface area contributed by atoms with Gasteiger partial charge in [0.2, 0.25) is 0 Å². The molecule has 1 aromatic carbocycles. The second-order valence-corrected chi connectivity index (χ2v) is 5.76. The summed E-state index contributed by atoms with van der Waals surface area (Å²) in [4.78, 5) is 13.1. The van der Waals surface area contributed by atoms with E-state index in [1.165, 1.54) is 0 Å². The SMILES string of the molecule is CCCSc1ccc(N)c(NC(=O)C2CCCO2)c1. The molecule has 4 nitrogen and oxygen atoms in total. The number of nitrogens with two attached hydrogens (primary N) is 1. The molecule has 2 rings (SSSR count). The predicted molar refractivity (Wildman–Crippen MR) is 79.5 cm³/mol. The molecule has 104 valence electrons. The summed E-state index contributed by atoms with van der Waals surface area (Å²) in [6.45, 7) is 2.81. The van der Waals surface area contributed by atoms with Gasteiger partial charge in [-0.15, -0.1) is 11.8 Å². The van der Waals surface area contributed by atoms with Crippen molar-refractivity contribution in [3.05, 3.63) is 18.2 Å².